The number of hydrogen-bond donors (Lipinski definition) is 0. The highest BCUT2D eigenvalue weighted by atomic mass is 15.1. The Kier molecular flexibility index (Phi) is 7.34. The van der Waals surface area contributed by atoms with E-state index in [0.717, 1.165) is 41.0 Å². The number of para-hydroxylation sites is 3. The standard InChI is InChI=1S/C53H36N2/c1-2-16-44(17-3-1)55-50-21-11-10-20-49(50)54-53(55)38-26-22-37(23-27-38)41-30-31-47-48(34-41)52(43-29-25-36-13-5-7-15-40(36)33-43)46-19-9-8-18-45(46)51(47)42-28-24-35-12-4-6-14-39(35)32-42/h1-29,32-34H,30-31H2. The summed E-state index contributed by atoms with van der Waals surface area (Å²) in [5.41, 5.74) is 14.9. The molecular weight excluding hydrogens is 665 g/mol. The maximum atomic E-state index is 5.13. The van der Waals surface area contributed by atoms with Crippen LogP contribution in [0.2, 0.25) is 0 Å². The summed E-state index contributed by atoms with van der Waals surface area (Å²) in [7, 11) is 0. The maximum Gasteiger partial charge on any atom is 0.145 e. The minimum atomic E-state index is 0.951. The summed E-state index contributed by atoms with van der Waals surface area (Å²) >= 11 is 0. The molecule has 0 saturated heterocycles. The molecule has 0 aliphatic heterocycles. The van der Waals surface area contributed by atoms with E-state index in [1.54, 1.807) is 0 Å². The molecule has 1 aromatic heterocycles. The monoisotopic (exact) mass is 700 g/mol. The highest BCUT2D eigenvalue weighted by molar-refractivity contribution is 6.12. The Balaban J connectivity index is 1.10. The molecule has 0 N–H and O–H groups in total. The quantitative estimate of drug-likeness (QED) is 0.175. The van der Waals surface area contributed by atoms with E-state index in [0.29, 0.717) is 0 Å². The van der Waals surface area contributed by atoms with Gasteiger partial charge in [0.25, 0.3) is 0 Å². The third-order valence-electron chi connectivity index (χ3n) is 11.5. The van der Waals surface area contributed by atoms with Crippen molar-refractivity contribution in [1.29, 1.82) is 0 Å². The minimum absolute atomic E-state index is 0.951. The van der Waals surface area contributed by atoms with E-state index in [-0.39, 0.29) is 0 Å². The van der Waals surface area contributed by atoms with Crippen molar-refractivity contribution < 1.29 is 0 Å². The van der Waals surface area contributed by atoms with Crippen LogP contribution in [0, 0.1) is 0 Å². The first-order valence-corrected chi connectivity index (χ1v) is 19.2. The summed E-state index contributed by atoms with van der Waals surface area (Å²) in [5.74, 6) is 0.951. The van der Waals surface area contributed by atoms with Gasteiger partial charge in [-0.3, -0.25) is 4.57 Å². The van der Waals surface area contributed by atoms with E-state index in [1.807, 2.05) is 0 Å². The smallest absolute Gasteiger partial charge is 0.145 e. The van der Waals surface area contributed by atoms with Crippen molar-refractivity contribution in [1.82, 2.24) is 9.55 Å². The molecule has 1 aliphatic carbocycles. The van der Waals surface area contributed by atoms with Gasteiger partial charge in [0.2, 0.25) is 0 Å². The summed E-state index contributed by atoms with van der Waals surface area (Å²) in [6, 6.07) is 68.4. The molecule has 0 saturated carbocycles. The lowest BCUT2D eigenvalue weighted by atomic mass is 9.77. The van der Waals surface area contributed by atoms with Gasteiger partial charge < -0.3 is 0 Å². The molecule has 1 aliphatic rings. The van der Waals surface area contributed by atoms with Gasteiger partial charge >= 0.3 is 0 Å². The van der Waals surface area contributed by atoms with Crippen molar-refractivity contribution in [3.63, 3.8) is 0 Å². The fourth-order valence-corrected chi connectivity index (χ4v) is 8.89. The van der Waals surface area contributed by atoms with Gasteiger partial charge in [-0.15, -0.1) is 0 Å². The van der Waals surface area contributed by atoms with Gasteiger partial charge in [-0.2, -0.15) is 0 Å². The Bertz CT molecular complexity index is 3130. The Morgan fingerprint density at radius 2 is 0.964 bits per heavy atom. The van der Waals surface area contributed by atoms with Crippen molar-refractivity contribution in [2.45, 2.75) is 12.8 Å². The first kappa shape index (κ1) is 31.5. The van der Waals surface area contributed by atoms with Crippen molar-refractivity contribution in [3.05, 3.63) is 205 Å². The van der Waals surface area contributed by atoms with Gasteiger partial charge in [0, 0.05) is 11.3 Å². The lowest BCUT2D eigenvalue weighted by Gasteiger charge is -2.26. The van der Waals surface area contributed by atoms with Crippen LogP contribution < -0.4 is 0 Å². The van der Waals surface area contributed by atoms with Crippen LogP contribution >= 0.6 is 0 Å². The predicted octanol–water partition coefficient (Wildman–Crippen LogP) is 14.0. The molecule has 9 aromatic carbocycles. The van der Waals surface area contributed by atoms with Crippen molar-refractivity contribution in [3.8, 4) is 39.3 Å². The third-order valence-corrected chi connectivity index (χ3v) is 11.5. The molecule has 11 rings (SSSR count). The normalized spacial score (nSPS) is 12.7. The maximum absolute atomic E-state index is 5.13. The van der Waals surface area contributed by atoms with Gasteiger partial charge in [-0.05, 0) is 126 Å². The summed E-state index contributed by atoms with van der Waals surface area (Å²) in [5, 5.41) is 7.64. The molecule has 0 fully saturated rings. The second-order valence-electron chi connectivity index (χ2n) is 14.7. The molecule has 0 amide bonds. The summed E-state index contributed by atoms with van der Waals surface area (Å²) in [6.45, 7) is 0. The molecule has 10 aromatic rings. The van der Waals surface area contributed by atoms with Crippen LogP contribution in [-0.2, 0) is 6.42 Å². The number of benzene rings is 9. The van der Waals surface area contributed by atoms with E-state index in [1.165, 1.54) is 76.8 Å². The van der Waals surface area contributed by atoms with E-state index in [2.05, 4.69) is 199 Å². The SMILES string of the molecule is C1=C(c2ccc(-c3nc4ccccc4n3-c3ccccc3)cc2)CCc2c1c(-c1ccc3ccccc3c1)c1ccccc1c2-c1ccc2ccccc2c1. The van der Waals surface area contributed by atoms with Crippen LogP contribution in [0.5, 0.6) is 0 Å². The van der Waals surface area contributed by atoms with E-state index < -0.39 is 0 Å². The molecule has 0 unspecified atom stereocenters. The first-order chi connectivity index (χ1) is 27.3. The number of imidazole rings is 1. The zero-order valence-corrected chi connectivity index (χ0v) is 30.3. The molecule has 2 heteroatoms. The largest absolute Gasteiger partial charge is 0.292 e. The Morgan fingerprint density at radius 3 is 1.67 bits per heavy atom. The van der Waals surface area contributed by atoms with Crippen LogP contribution in [0.25, 0.3) is 94.3 Å². The van der Waals surface area contributed by atoms with Crippen LogP contribution in [0.15, 0.2) is 188 Å². The number of aromatic nitrogens is 2. The predicted molar refractivity (Wildman–Crippen MR) is 233 cm³/mol. The second kappa shape index (κ2) is 12.8. The molecule has 258 valence electrons. The van der Waals surface area contributed by atoms with Gasteiger partial charge in [-0.25, -0.2) is 4.98 Å². The lowest BCUT2D eigenvalue weighted by Crippen LogP contribution is -2.05. The van der Waals surface area contributed by atoms with Gasteiger partial charge in [-0.1, -0.05) is 158 Å². The van der Waals surface area contributed by atoms with Crippen LogP contribution in [0.4, 0.5) is 0 Å². The zero-order valence-electron chi connectivity index (χ0n) is 30.3. The Labute approximate surface area is 320 Å². The fourth-order valence-electron chi connectivity index (χ4n) is 8.89. The molecule has 0 radical (unpaired) electrons. The van der Waals surface area contributed by atoms with E-state index in [4.69, 9.17) is 4.98 Å². The second-order valence-corrected chi connectivity index (χ2v) is 14.7. The van der Waals surface area contributed by atoms with Gasteiger partial charge in [0.15, 0.2) is 0 Å². The number of rotatable bonds is 5. The number of hydrogen-bond acceptors (Lipinski definition) is 1. The Hall–Kier alpha value is -7.03. The highest BCUT2D eigenvalue weighted by Gasteiger charge is 2.25. The zero-order chi connectivity index (χ0) is 36.3. The van der Waals surface area contributed by atoms with Crippen LogP contribution in [-0.4, -0.2) is 9.55 Å². The lowest BCUT2D eigenvalue weighted by molar-refractivity contribution is 1.01. The van der Waals surface area contributed by atoms with E-state index in [9.17, 15) is 0 Å². The average molecular weight is 701 g/mol. The summed E-state index contributed by atoms with van der Waals surface area (Å²) in [4.78, 5) is 5.13. The average Bonchev–Trinajstić information content (AvgIpc) is 3.65. The van der Waals surface area contributed by atoms with Crippen molar-refractivity contribution >= 4 is 55.0 Å². The minimum Gasteiger partial charge on any atom is -0.292 e. The van der Waals surface area contributed by atoms with Crippen molar-refractivity contribution in [2.75, 3.05) is 0 Å². The first-order valence-electron chi connectivity index (χ1n) is 19.2. The van der Waals surface area contributed by atoms with Crippen LogP contribution in [0.3, 0.4) is 0 Å². The number of nitrogens with zero attached hydrogens (tertiary/aromatic N) is 2. The molecule has 1 heterocycles. The van der Waals surface area contributed by atoms with E-state index >= 15 is 0 Å². The third kappa shape index (κ3) is 5.29. The van der Waals surface area contributed by atoms with Crippen LogP contribution in [0.1, 0.15) is 23.1 Å². The fraction of sp³-hybridized carbons (Fsp3) is 0.0377. The Morgan fingerprint density at radius 1 is 0.418 bits per heavy atom. The number of fused-ring (bicyclic) bond motifs is 5. The summed E-state index contributed by atoms with van der Waals surface area (Å²) < 4.78 is 2.27. The molecule has 0 atom stereocenters. The van der Waals surface area contributed by atoms with Crippen molar-refractivity contribution in [2.24, 2.45) is 0 Å². The molecule has 55 heavy (non-hydrogen) atoms. The molecule has 0 spiro atoms. The molecule has 2 nitrogen and oxygen atoms in total. The summed E-state index contributed by atoms with van der Waals surface area (Å²) in [6.07, 6.45) is 4.42. The number of allylic oxidation sites excluding steroid dienone is 1. The van der Waals surface area contributed by atoms with Gasteiger partial charge in [0.1, 0.15) is 5.82 Å². The highest BCUT2D eigenvalue weighted by Crippen LogP contribution is 2.47. The topological polar surface area (TPSA) is 17.8 Å². The van der Waals surface area contributed by atoms with Gasteiger partial charge in [0.05, 0.1) is 11.0 Å². The molecular formula is C53H36N2. The molecule has 0 bridgehead atoms.